The van der Waals surface area contributed by atoms with E-state index in [2.05, 4.69) is 5.32 Å². The molecule has 4 aromatic rings. The van der Waals surface area contributed by atoms with E-state index in [9.17, 15) is 34.8 Å². The lowest BCUT2D eigenvalue weighted by atomic mass is 9.99. The monoisotopic (exact) mass is 635 g/mol. The number of hydrogen-bond acceptors (Lipinski definition) is 12. The van der Waals surface area contributed by atoms with Gasteiger partial charge in [0.05, 0.1) is 17.6 Å². The zero-order valence-corrected chi connectivity index (χ0v) is 24.6. The van der Waals surface area contributed by atoms with Gasteiger partial charge in [-0.3, -0.25) is 10.1 Å². The number of ether oxygens (including phenoxy) is 4. The zero-order chi connectivity index (χ0) is 32.8. The van der Waals surface area contributed by atoms with E-state index in [4.69, 9.17) is 23.4 Å². The molecule has 46 heavy (non-hydrogen) atoms. The second kappa shape index (κ2) is 14.5. The molecule has 0 saturated carbocycles. The van der Waals surface area contributed by atoms with Crippen LogP contribution in [0.5, 0.6) is 11.5 Å². The summed E-state index contributed by atoms with van der Waals surface area (Å²) in [5.41, 5.74) is 1.71. The molecule has 6 unspecified atom stereocenters. The molecule has 0 spiro atoms. The number of rotatable bonds is 12. The predicted octanol–water partition coefficient (Wildman–Crippen LogP) is 1.83. The lowest BCUT2D eigenvalue weighted by molar-refractivity contribution is -0.288. The highest BCUT2D eigenvalue weighted by Gasteiger charge is 2.47. The van der Waals surface area contributed by atoms with Crippen molar-refractivity contribution in [1.29, 1.82) is 0 Å². The molecule has 1 aromatic heterocycles. The highest BCUT2D eigenvalue weighted by molar-refractivity contribution is 5.98. The molecular formula is C33H33NO12. The minimum atomic E-state index is -1.64. The number of aliphatic carboxylic acids is 1. The summed E-state index contributed by atoms with van der Waals surface area (Å²) in [4.78, 5) is 36.8. The fraction of sp³-hybridized carbons (Fsp3) is 0.303. The molecule has 0 radical (unpaired) electrons. The number of aliphatic hydroxyl groups excluding tert-OH is 2. The molecule has 5 N–H and O–H groups in total. The smallest absolute Gasteiger partial charge is 0.334 e. The maximum Gasteiger partial charge on any atom is 0.334 e. The Bertz CT molecular complexity index is 1710. The maximum absolute atomic E-state index is 13.2. The van der Waals surface area contributed by atoms with Gasteiger partial charge in [0, 0.05) is 6.07 Å². The van der Waals surface area contributed by atoms with Crippen molar-refractivity contribution in [3.8, 4) is 22.6 Å². The van der Waals surface area contributed by atoms with E-state index < -0.39 is 55.3 Å². The van der Waals surface area contributed by atoms with Crippen LogP contribution in [0.15, 0.2) is 88.3 Å². The fourth-order valence-electron chi connectivity index (χ4n) is 5.02. The third-order valence-electron chi connectivity index (χ3n) is 7.53. The van der Waals surface area contributed by atoms with E-state index in [0.29, 0.717) is 17.5 Å². The quantitative estimate of drug-likeness (QED) is 0.112. The third-order valence-corrected chi connectivity index (χ3v) is 7.53. The maximum atomic E-state index is 13.2. The number of carbonyl (C=O) groups is 2. The summed E-state index contributed by atoms with van der Waals surface area (Å²) in [5, 5.41) is 43.3. The fourth-order valence-corrected chi connectivity index (χ4v) is 5.02. The van der Waals surface area contributed by atoms with E-state index in [0.717, 1.165) is 5.56 Å². The van der Waals surface area contributed by atoms with Gasteiger partial charge in [-0.1, -0.05) is 42.5 Å². The van der Waals surface area contributed by atoms with Gasteiger partial charge in [0.1, 0.15) is 54.4 Å². The number of likely N-dealkylation sites (N-methyl/N-ethyl adjacent to an activating group) is 1. The number of aliphatic hydroxyl groups is 2. The van der Waals surface area contributed by atoms with Crippen LogP contribution in [0.3, 0.4) is 0 Å². The first-order chi connectivity index (χ1) is 22.2. The first-order valence-electron chi connectivity index (χ1n) is 14.4. The van der Waals surface area contributed by atoms with E-state index in [1.165, 1.54) is 43.6 Å². The Morgan fingerprint density at radius 3 is 2.43 bits per heavy atom. The number of benzene rings is 3. The van der Waals surface area contributed by atoms with Crippen molar-refractivity contribution in [1.82, 2.24) is 5.32 Å². The second-order valence-electron chi connectivity index (χ2n) is 10.6. The molecule has 0 aliphatic carbocycles. The van der Waals surface area contributed by atoms with Crippen molar-refractivity contribution < 1.29 is 53.4 Å². The van der Waals surface area contributed by atoms with Crippen LogP contribution in [-0.4, -0.2) is 89.4 Å². The van der Waals surface area contributed by atoms with Crippen LogP contribution >= 0.6 is 0 Å². The Kier molecular flexibility index (Phi) is 10.3. The van der Waals surface area contributed by atoms with Gasteiger partial charge < -0.3 is 43.8 Å². The van der Waals surface area contributed by atoms with Gasteiger partial charge in [-0.2, -0.15) is 0 Å². The largest absolute Gasteiger partial charge is 0.508 e. The Labute approximate surface area is 262 Å². The molecule has 1 fully saturated rings. The summed E-state index contributed by atoms with van der Waals surface area (Å²) in [6.07, 6.45) is -5.20. The topological polar surface area (TPSA) is 194 Å². The Balaban J connectivity index is 1.36. The number of aromatic hydroxyl groups is 1. The highest BCUT2D eigenvalue weighted by atomic mass is 16.7. The van der Waals surface area contributed by atoms with Crippen LogP contribution in [0, 0.1) is 0 Å². The summed E-state index contributed by atoms with van der Waals surface area (Å²) in [6.45, 7) is -0.456. The SMILES string of the molecule is CNC(C(=O)O)C(=O)OCC1OC(Oc2ccc3c(=O)c(-c4ccc(O)cc4)coc3c2)C(OCCc2ccccc2)C(O)C1O. The van der Waals surface area contributed by atoms with Crippen molar-refractivity contribution in [2.75, 3.05) is 20.3 Å². The summed E-state index contributed by atoms with van der Waals surface area (Å²) in [5.74, 6) is -2.34. The molecule has 0 bridgehead atoms. The van der Waals surface area contributed by atoms with Gasteiger partial charge in [0.15, 0.2) is 5.43 Å². The average molecular weight is 636 g/mol. The highest BCUT2D eigenvalue weighted by Crippen LogP contribution is 2.29. The van der Waals surface area contributed by atoms with Crippen molar-refractivity contribution in [3.63, 3.8) is 0 Å². The number of esters is 1. The van der Waals surface area contributed by atoms with Gasteiger partial charge in [-0.15, -0.1) is 0 Å². The molecule has 5 rings (SSSR count). The summed E-state index contributed by atoms with van der Waals surface area (Å²) in [7, 11) is 1.27. The lowest BCUT2D eigenvalue weighted by Crippen LogP contribution is -2.61. The van der Waals surface area contributed by atoms with Gasteiger partial charge in [0.2, 0.25) is 12.3 Å². The first-order valence-corrected chi connectivity index (χ1v) is 14.4. The predicted molar refractivity (Wildman–Crippen MR) is 162 cm³/mol. The van der Waals surface area contributed by atoms with Crippen molar-refractivity contribution in [3.05, 3.63) is 94.8 Å². The Morgan fingerprint density at radius 1 is 1.00 bits per heavy atom. The molecule has 1 aliphatic rings. The summed E-state index contributed by atoms with van der Waals surface area (Å²) >= 11 is 0. The average Bonchev–Trinajstić information content (AvgIpc) is 3.05. The van der Waals surface area contributed by atoms with Crippen LogP contribution in [0.1, 0.15) is 5.56 Å². The zero-order valence-electron chi connectivity index (χ0n) is 24.6. The number of carbonyl (C=O) groups excluding carboxylic acids is 1. The van der Waals surface area contributed by atoms with E-state index >= 15 is 0 Å². The van der Waals surface area contributed by atoms with Gasteiger partial charge >= 0.3 is 11.9 Å². The molecule has 13 nitrogen and oxygen atoms in total. The normalized spacial score (nSPS) is 21.8. The first kappa shape index (κ1) is 32.6. The third kappa shape index (κ3) is 7.36. The van der Waals surface area contributed by atoms with Crippen molar-refractivity contribution in [2.24, 2.45) is 0 Å². The van der Waals surface area contributed by atoms with Gasteiger partial charge in [-0.25, -0.2) is 9.59 Å². The molecular weight excluding hydrogens is 602 g/mol. The molecule has 6 atom stereocenters. The van der Waals surface area contributed by atoms with Gasteiger partial charge in [-0.05, 0) is 48.9 Å². The molecule has 242 valence electrons. The summed E-state index contributed by atoms with van der Waals surface area (Å²) in [6, 6.07) is 18.4. The summed E-state index contributed by atoms with van der Waals surface area (Å²) < 4.78 is 28.7. The van der Waals surface area contributed by atoms with Gasteiger partial charge in [0.25, 0.3) is 0 Å². The second-order valence-corrected chi connectivity index (χ2v) is 10.6. The molecule has 1 aliphatic heterocycles. The number of phenolic OH excluding ortho intramolecular Hbond substituents is 1. The van der Waals surface area contributed by atoms with Crippen LogP contribution in [0.25, 0.3) is 22.1 Å². The van der Waals surface area contributed by atoms with Crippen LogP contribution in [0.2, 0.25) is 0 Å². The molecule has 0 amide bonds. The number of phenols is 1. The number of hydrogen-bond donors (Lipinski definition) is 5. The van der Waals surface area contributed by atoms with Crippen LogP contribution in [-0.2, 0) is 30.2 Å². The van der Waals surface area contributed by atoms with E-state index in [-0.39, 0.29) is 34.5 Å². The number of fused-ring (bicyclic) bond motifs is 1. The number of carboxylic acid groups (broad SMARTS) is 1. The minimum Gasteiger partial charge on any atom is -0.508 e. The molecule has 2 heterocycles. The molecule has 13 heteroatoms. The standard InChI is InChI=1S/C33H33NO12/c1-34-26(31(39)40)32(41)44-17-25-28(37)29(38)30(42-14-13-18-5-3-2-4-6-18)33(46-25)45-21-11-12-22-24(15-21)43-16-23(27(22)36)19-7-9-20(35)10-8-19/h2-12,15-16,25-26,28-30,33-35,37-38H,13-14,17H2,1H3,(H,39,40). The molecule has 3 aromatic carbocycles. The Morgan fingerprint density at radius 2 is 1.74 bits per heavy atom. The van der Waals surface area contributed by atoms with Crippen molar-refractivity contribution >= 4 is 22.9 Å². The van der Waals surface area contributed by atoms with Crippen LogP contribution in [0.4, 0.5) is 0 Å². The van der Waals surface area contributed by atoms with Crippen LogP contribution < -0.4 is 15.5 Å². The van der Waals surface area contributed by atoms with Crippen molar-refractivity contribution in [2.45, 2.75) is 43.2 Å². The van der Waals surface area contributed by atoms with E-state index in [1.807, 2.05) is 30.3 Å². The number of carboxylic acids is 1. The Hall–Kier alpha value is -4.79. The van der Waals surface area contributed by atoms with E-state index in [1.54, 1.807) is 12.1 Å². The number of nitrogens with one attached hydrogen (secondary N) is 1. The molecule has 1 saturated heterocycles. The lowest BCUT2D eigenvalue weighted by Gasteiger charge is -2.42. The minimum absolute atomic E-state index is 0.0588.